The van der Waals surface area contributed by atoms with Crippen LogP contribution in [-0.2, 0) is 26.5 Å². The van der Waals surface area contributed by atoms with Crippen LogP contribution in [-0.4, -0.2) is 27.8 Å². The number of pyridine rings is 1. The molecular formula is C56H57GeIrN3O2-2. The minimum absolute atomic E-state index is 0. The molecule has 0 atom stereocenters. The van der Waals surface area contributed by atoms with E-state index in [2.05, 4.69) is 127 Å². The fraction of sp³-hybridized carbons (Fsp3) is 0.250. The molecule has 3 heterocycles. The Labute approximate surface area is 393 Å². The minimum Gasteiger partial charge on any atom is 0 e. The van der Waals surface area contributed by atoms with Crippen LogP contribution in [0.25, 0.3) is 50.5 Å². The molecule has 8 aromatic rings. The molecule has 323 valence electrons. The first-order chi connectivity index (χ1) is 30.4. The van der Waals surface area contributed by atoms with E-state index in [-0.39, 0.29) is 31.9 Å². The van der Waals surface area contributed by atoms with Gasteiger partial charge in [-0.2, -0.15) is 0 Å². The zero-order valence-electron chi connectivity index (χ0n) is 39.9. The number of rotatable bonds is 8. The molecule has 0 spiro atoms. The zero-order chi connectivity index (χ0) is 45.6. The van der Waals surface area contributed by atoms with Gasteiger partial charge >= 0.3 is 135 Å². The average Bonchev–Trinajstić information content (AvgIpc) is 3.66. The second kappa shape index (κ2) is 18.8. The van der Waals surface area contributed by atoms with Gasteiger partial charge in [0, 0.05) is 25.8 Å². The van der Waals surface area contributed by atoms with E-state index >= 15 is 0 Å². The van der Waals surface area contributed by atoms with Gasteiger partial charge in [-0.25, -0.2) is 0 Å². The molecule has 6 aromatic carbocycles. The van der Waals surface area contributed by atoms with Crippen molar-refractivity contribution in [2.45, 2.75) is 83.9 Å². The third kappa shape index (κ3) is 9.94. The van der Waals surface area contributed by atoms with E-state index in [0.29, 0.717) is 23.0 Å². The Morgan fingerprint density at radius 2 is 1.33 bits per heavy atom. The van der Waals surface area contributed by atoms with Crippen LogP contribution in [0.5, 0.6) is 23.0 Å². The number of hydrogen-bond donors (Lipinski definition) is 0. The summed E-state index contributed by atoms with van der Waals surface area (Å²) in [5.74, 6) is 10.9. The third-order valence-corrected chi connectivity index (χ3v) is 15.2. The predicted molar refractivity (Wildman–Crippen MR) is 260 cm³/mol. The van der Waals surface area contributed by atoms with E-state index in [4.69, 9.17) is 17.2 Å². The molecule has 1 aliphatic heterocycles. The first-order valence-corrected chi connectivity index (χ1v) is 29.0. The first kappa shape index (κ1) is 43.0. The van der Waals surface area contributed by atoms with E-state index in [1.54, 1.807) is 0 Å². The molecule has 0 amide bonds. The largest absolute Gasteiger partial charge is 0 e. The molecule has 1 radical (unpaired) electrons. The van der Waals surface area contributed by atoms with Crippen molar-refractivity contribution in [3.63, 3.8) is 0 Å². The summed E-state index contributed by atoms with van der Waals surface area (Å²) < 4.78 is 33.7. The molecule has 7 heteroatoms. The summed E-state index contributed by atoms with van der Waals surface area (Å²) in [7, 11) is 0. The van der Waals surface area contributed by atoms with Gasteiger partial charge in [0.25, 0.3) is 0 Å². The van der Waals surface area contributed by atoms with Gasteiger partial charge in [0.15, 0.2) is 11.5 Å². The first-order valence-electron chi connectivity index (χ1n) is 22.6. The van der Waals surface area contributed by atoms with Crippen LogP contribution >= 0.6 is 0 Å². The molecule has 0 fully saturated rings. The van der Waals surface area contributed by atoms with Gasteiger partial charge in [0.2, 0.25) is 0 Å². The number of hydrogen-bond acceptors (Lipinski definition) is 4. The van der Waals surface area contributed by atoms with Crippen molar-refractivity contribution in [2.75, 3.05) is 0 Å². The Kier molecular flexibility index (Phi) is 12.9. The summed E-state index contributed by atoms with van der Waals surface area (Å²) in [5.41, 5.74) is 10.9. The predicted octanol–water partition coefficient (Wildman–Crippen LogP) is 15.0. The second-order valence-electron chi connectivity index (χ2n) is 18.7. The minimum atomic E-state index is -2.24. The van der Waals surface area contributed by atoms with Crippen molar-refractivity contribution in [2.24, 2.45) is 5.41 Å². The summed E-state index contributed by atoms with van der Waals surface area (Å²) in [6, 6.07) is 51.5. The van der Waals surface area contributed by atoms with Crippen LogP contribution in [0.1, 0.15) is 79.7 Å². The van der Waals surface area contributed by atoms with Crippen LogP contribution in [0.2, 0.25) is 17.3 Å². The number of fused-ring (bicyclic) bond motifs is 3. The average molecular weight is 1070 g/mol. The summed E-state index contributed by atoms with van der Waals surface area (Å²) in [6.07, 6.45) is 0.502. The van der Waals surface area contributed by atoms with Crippen molar-refractivity contribution in [1.82, 2.24) is 14.5 Å². The monoisotopic (exact) mass is 1070 g/mol. The summed E-state index contributed by atoms with van der Waals surface area (Å²) >= 11 is -2.24. The third-order valence-electron chi connectivity index (χ3n) is 10.9. The van der Waals surface area contributed by atoms with Crippen LogP contribution in [0.3, 0.4) is 0 Å². The Hall–Kier alpha value is -5.27. The summed E-state index contributed by atoms with van der Waals surface area (Å²) in [5, 5.41) is 0. The van der Waals surface area contributed by atoms with Gasteiger partial charge in [-0.05, 0) is 70.5 Å². The molecule has 63 heavy (non-hydrogen) atoms. The fourth-order valence-corrected chi connectivity index (χ4v) is 10.9. The van der Waals surface area contributed by atoms with Crippen LogP contribution in [0.4, 0.5) is 0 Å². The molecule has 9 rings (SSSR count). The fourth-order valence-electron chi connectivity index (χ4n) is 7.96. The quantitative estimate of drug-likeness (QED) is 0.112. The van der Waals surface area contributed by atoms with Crippen LogP contribution < -0.4 is 13.9 Å². The molecule has 0 N–H and O–H groups in total. The second-order valence-corrected chi connectivity index (χ2v) is 29.2. The molecule has 1 aliphatic rings. The maximum atomic E-state index is 8.76. The van der Waals surface area contributed by atoms with Crippen molar-refractivity contribution in [3.05, 3.63) is 168 Å². The Bertz CT molecular complexity index is 2920. The molecule has 0 bridgehead atoms. The number of para-hydroxylation sites is 4. The smallest absolute Gasteiger partial charge is 0 e. The molecule has 5 nitrogen and oxygen atoms in total. The van der Waals surface area contributed by atoms with Gasteiger partial charge in [-0.3, -0.25) is 4.98 Å². The van der Waals surface area contributed by atoms with Crippen LogP contribution in [0, 0.1) is 17.5 Å². The Morgan fingerprint density at radius 1 is 0.698 bits per heavy atom. The van der Waals surface area contributed by atoms with E-state index in [1.807, 2.05) is 99.8 Å². The van der Waals surface area contributed by atoms with E-state index in [0.717, 1.165) is 43.6 Å². The summed E-state index contributed by atoms with van der Waals surface area (Å²) in [4.78, 5) is 9.82. The number of benzene rings is 6. The molecular weight excluding hydrogens is 1010 g/mol. The maximum absolute atomic E-state index is 8.76. The summed E-state index contributed by atoms with van der Waals surface area (Å²) in [6.45, 7) is 14.9. The van der Waals surface area contributed by atoms with Crippen molar-refractivity contribution in [1.29, 1.82) is 0 Å². The van der Waals surface area contributed by atoms with Gasteiger partial charge in [-0.1, -0.05) is 93.9 Å². The Morgan fingerprint density at radius 3 is 1.97 bits per heavy atom. The van der Waals surface area contributed by atoms with Gasteiger partial charge < -0.3 is 14.0 Å². The molecule has 0 unspecified atom stereocenters. The van der Waals surface area contributed by atoms with Crippen molar-refractivity contribution < 1.29 is 32.3 Å². The van der Waals surface area contributed by atoms with E-state index in [9.17, 15) is 0 Å². The van der Waals surface area contributed by atoms with Gasteiger partial charge in [0.1, 0.15) is 0 Å². The molecule has 0 saturated heterocycles. The molecule has 2 aromatic heterocycles. The van der Waals surface area contributed by atoms with Crippen molar-refractivity contribution in [3.8, 4) is 62.5 Å². The van der Waals surface area contributed by atoms with Crippen LogP contribution in [0.15, 0.2) is 140 Å². The normalized spacial score (nSPS) is 12.8. The van der Waals surface area contributed by atoms with E-state index in [1.165, 1.54) is 27.9 Å². The van der Waals surface area contributed by atoms with Crippen molar-refractivity contribution >= 4 is 28.7 Å². The Balaban J connectivity index is 0.000000225. The number of ether oxygens (including phenoxy) is 2. The molecule has 0 saturated carbocycles. The topological polar surface area (TPSA) is 49.2 Å². The number of aromatic nitrogens is 3. The van der Waals surface area contributed by atoms with E-state index < -0.39 is 25.1 Å². The number of imidazole rings is 1. The van der Waals surface area contributed by atoms with Gasteiger partial charge in [-0.15, -0.1) is 12.1 Å². The number of nitrogens with zero attached hydrogens (tertiary/aromatic N) is 3. The SMILES string of the molecule is CC(C)c1cc(-c2ccccc2)cc(C(C)C)c1-n1c(-c2[c-]ccc3c2Oc2ccccc2O3)nc2ccccc21.[2H]C([2H])(c1cc(-c2[c-]cccc2)nc[c]1[Ge]([CH3])([CH3])[CH3])C(C)(C)C.[Ir]. The molecule has 0 aliphatic carbocycles. The standard InChI is InChI=1S/C37H31N2O2.C19H26GeN.Ir/c1-23(2)28-21-26(25-13-6-5-7-14-25)22-29(24(3)4)35(28)39-31-17-9-8-16-30(31)38-37(39)27-15-12-20-34-36(27)41-33-19-11-10-18-32(33)40-34;1-19(2,3)13-16-12-18(15-10-8-7-9-11-15)21-14-17(16)20(4,5)6;/h5-14,16-24H,1-4H3;7-10,12,14H,13H2,1-6H3;/q2*-1;/i;13D2;. The van der Waals surface area contributed by atoms with Gasteiger partial charge in [0.05, 0.1) is 28.4 Å². The maximum Gasteiger partial charge on any atom is 0 e. The zero-order valence-corrected chi connectivity index (χ0v) is 42.4.